The number of benzene rings is 2. The average Bonchev–Trinajstić information content (AvgIpc) is 3.63. The summed E-state index contributed by atoms with van der Waals surface area (Å²) in [6, 6.07) is 17.7. The lowest BCUT2D eigenvalue weighted by atomic mass is 10.1. The maximum atomic E-state index is 10.6. The maximum Gasteiger partial charge on any atom is 0.227 e. The Labute approximate surface area is 214 Å². The van der Waals surface area contributed by atoms with Crippen molar-refractivity contribution in [2.24, 2.45) is 5.92 Å². The molecule has 0 radical (unpaired) electrons. The van der Waals surface area contributed by atoms with Crippen LogP contribution in [0.1, 0.15) is 50.8 Å². The summed E-state index contributed by atoms with van der Waals surface area (Å²) in [5.41, 5.74) is 2.95. The number of ether oxygens (including phenoxy) is 3. The van der Waals surface area contributed by atoms with Crippen LogP contribution in [0.5, 0.6) is 17.4 Å². The molecular formula is C29H39N3O4. The number of nitrogens with zero attached hydrogens (tertiary/aromatic N) is 3. The van der Waals surface area contributed by atoms with E-state index in [0.717, 1.165) is 35.0 Å². The third-order valence-electron chi connectivity index (χ3n) is 6.37. The fraction of sp³-hybridized carbons (Fsp3) is 0.483. The van der Waals surface area contributed by atoms with E-state index < -0.39 is 6.10 Å². The van der Waals surface area contributed by atoms with Crippen LogP contribution in [0.3, 0.4) is 0 Å². The van der Waals surface area contributed by atoms with Crippen LogP contribution in [-0.2, 0) is 11.3 Å². The van der Waals surface area contributed by atoms with Crippen LogP contribution < -0.4 is 9.47 Å². The maximum absolute atomic E-state index is 10.6. The summed E-state index contributed by atoms with van der Waals surface area (Å²) in [6.07, 6.45) is 1.95. The molecule has 0 unspecified atom stereocenters. The van der Waals surface area contributed by atoms with E-state index in [9.17, 15) is 5.11 Å². The molecule has 1 aliphatic rings. The number of methoxy groups -OCH3 is 1. The van der Waals surface area contributed by atoms with Gasteiger partial charge in [-0.25, -0.2) is 4.68 Å². The molecule has 1 heterocycles. The summed E-state index contributed by atoms with van der Waals surface area (Å²) in [5, 5.41) is 15.7. The Balaban J connectivity index is 1.73. The van der Waals surface area contributed by atoms with Gasteiger partial charge in [-0.2, -0.15) is 5.10 Å². The zero-order valence-corrected chi connectivity index (χ0v) is 21.9. The quantitative estimate of drug-likeness (QED) is 0.324. The number of para-hydroxylation sites is 1. The van der Waals surface area contributed by atoms with E-state index in [1.54, 1.807) is 7.11 Å². The highest BCUT2D eigenvalue weighted by Crippen LogP contribution is 2.36. The molecule has 3 aromatic rings. The molecule has 0 bridgehead atoms. The summed E-state index contributed by atoms with van der Waals surface area (Å²) >= 11 is 0. The smallest absolute Gasteiger partial charge is 0.227 e. The van der Waals surface area contributed by atoms with Crippen LogP contribution >= 0.6 is 0 Å². The van der Waals surface area contributed by atoms with Gasteiger partial charge in [0.15, 0.2) is 0 Å². The van der Waals surface area contributed by atoms with Crippen LogP contribution in [0, 0.1) is 5.92 Å². The van der Waals surface area contributed by atoms with E-state index in [4.69, 9.17) is 19.3 Å². The molecule has 0 amide bonds. The molecule has 1 atom stereocenters. The number of aromatic nitrogens is 2. The zero-order chi connectivity index (χ0) is 25.5. The minimum atomic E-state index is -0.540. The Kier molecular flexibility index (Phi) is 9.02. The third-order valence-corrected chi connectivity index (χ3v) is 6.37. The number of aliphatic hydroxyl groups excluding tert-OH is 1. The molecule has 0 aliphatic heterocycles. The van der Waals surface area contributed by atoms with E-state index in [1.165, 1.54) is 12.8 Å². The normalized spacial score (nSPS) is 14.4. The second-order valence-electron chi connectivity index (χ2n) is 9.80. The first-order valence-corrected chi connectivity index (χ1v) is 13.0. The number of rotatable bonds is 14. The Hall–Kier alpha value is -2.87. The van der Waals surface area contributed by atoms with Crippen molar-refractivity contribution in [1.29, 1.82) is 0 Å². The first-order chi connectivity index (χ1) is 17.5. The van der Waals surface area contributed by atoms with Crippen LogP contribution in [0.2, 0.25) is 0 Å². The van der Waals surface area contributed by atoms with Crippen molar-refractivity contribution in [2.45, 2.75) is 52.2 Å². The third kappa shape index (κ3) is 6.87. The van der Waals surface area contributed by atoms with Crippen molar-refractivity contribution in [2.75, 3.05) is 33.4 Å². The highest BCUT2D eigenvalue weighted by atomic mass is 16.5. The molecule has 36 heavy (non-hydrogen) atoms. The van der Waals surface area contributed by atoms with E-state index in [0.29, 0.717) is 38.1 Å². The first-order valence-electron chi connectivity index (χ1n) is 13.0. The molecule has 2 aromatic carbocycles. The molecule has 1 fully saturated rings. The van der Waals surface area contributed by atoms with E-state index in [2.05, 4.69) is 18.7 Å². The Morgan fingerprint density at radius 1 is 1.06 bits per heavy atom. The van der Waals surface area contributed by atoms with Gasteiger partial charge < -0.3 is 19.3 Å². The summed E-state index contributed by atoms with van der Waals surface area (Å²) in [7, 11) is 1.66. The SMILES string of the molecule is CCOC[C@H](O)CN(Cc1c(C(C)C)nn(-c2ccc(OC)cc2)c1Oc1ccccc1)CC1CC1. The van der Waals surface area contributed by atoms with E-state index >= 15 is 0 Å². The van der Waals surface area contributed by atoms with Gasteiger partial charge in [-0.3, -0.25) is 4.90 Å². The topological polar surface area (TPSA) is 69.0 Å². The van der Waals surface area contributed by atoms with Crippen molar-refractivity contribution in [3.05, 3.63) is 65.9 Å². The van der Waals surface area contributed by atoms with Gasteiger partial charge in [0, 0.05) is 26.2 Å². The lowest BCUT2D eigenvalue weighted by Gasteiger charge is -2.26. The molecule has 1 saturated carbocycles. The molecule has 0 saturated heterocycles. The van der Waals surface area contributed by atoms with Gasteiger partial charge in [-0.1, -0.05) is 32.0 Å². The predicted molar refractivity (Wildman–Crippen MR) is 141 cm³/mol. The van der Waals surface area contributed by atoms with Gasteiger partial charge >= 0.3 is 0 Å². The van der Waals surface area contributed by atoms with Crippen LogP contribution in [-0.4, -0.2) is 59.3 Å². The van der Waals surface area contributed by atoms with Gasteiger partial charge in [0.1, 0.15) is 11.5 Å². The Bertz CT molecular complexity index is 1080. The molecule has 1 aromatic heterocycles. The average molecular weight is 494 g/mol. The van der Waals surface area contributed by atoms with Crippen molar-refractivity contribution < 1.29 is 19.3 Å². The monoisotopic (exact) mass is 493 g/mol. The molecule has 7 nitrogen and oxygen atoms in total. The van der Waals surface area contributed by atoms with Gasteiger partial charge in [-0.15, -0.1) is 0 Å². The minimum absolute atomic E-state index is 0.203. The van der Waals surface area contributed by atoms with Gasteiger partial charge in [0.05, 0.1) is 36.8 Å². The second-order valence-corrected chi connectivity index (χ2v) is 9.80. The minimum Gasteiger partial charge on any atom is -0.497 e. The fourth-order valence-corrected chi connectivity index (χ4v) is 4.36. The summed E-state index contributed by atoms with van der Waals surface area (Å²) < 4.78 is 19.3. The summed E-state index contributed by atoms with van der Waals surface area (Å²) in [6.45, 7) is 9.34. The van der Waals surface area contributed by atoms with Gasteiger partial charge in [0.2, 0.25) is 5.88 Å². The van der Waals surface area contributed by atoms with Crippen LogP contribution in [0.15, 0.2) is 54.6 Å². The second kappa shape index (κ2) is 12.4. The number of hydrogen-bond acceptors (Lipinski definition) is 6. The van der Waals surface area contributed by atoms with Crippen LogP contribution in [0.4, 0.5) is 0 Å². The molecule has 1 aliphatic carbocycles. The largest absolute Gasteiger partial charge is 0.497 e. The predicted octanol–water partition coefficient (Wildman–Crippen LogP) is 5.41. The highest BCUT2D eigenvalue weighted by Gasteiger charge is 2.29. The van der Waals surface area contributed by atoms with E-state index in [-0.39, 0.29) is 5.92 Å². The first kappa shape index (κ1) is 26.2. The molecule has 0 spiro atoms. The molecule has 194 valence electrons. The van der Waals surface area contributed by atoms with Gasteiger partial charge in [-0.05, 0) is 68.0 Å². The Morgan fingerprint density at radius 2 is 1.78 bits per heavy atom. The van der Waals surface area contributed by atoms with Crippen molar-refractivity contribution >= 4 is 0 Å². The van der Waals surface area contributed by atoms with Crippen molar-refractivity contribution in [3.8, 4) is 23.1 Å². The molecule has 7 heteroatoms. The number of hydrogen-bond donors (Lipinski definition) is 1. The Morgan fingerprint density at radius 3 is 2.39 bits per heavy atom. The molecular weight excluding hydrogens is 454 g/mol. The standard InChI is InChI=1S/C29H39N3O4/c1-5-35-20-24(33)18-31(17-22-11-12-22)19-27-28(21(2)3)30-32(23-13-15-25(34-4)16-14-23)29(27)36-26-9-7-6-8-10-26/h6-10,13-16,21-22,24,33H,5,11-12,17-20H2,1-4H3/t24-/m1/s1. The van der Waals surface area contributed by atoms with Gasteiger partial charge in [0.25, 0.3) is 0 Å². The molecule has 4 rings (SSSR count). The lowest BCUT2D eigenvalue weighted by molar-refractivity contribution is 0.0185. The van der Waals surface area contributed by atoms with Crippen molar-refractivity contribution in [3.63, 3.8) is 0 Å². The lowest BCUT2D eigenvalue weighted by Crippen LogP contribution is -2.36. The van der Waals surface area contributed by atoms with E-state index in [1.807, 2.05) is 66.2 Å². The molecule has 1 N–H and O–H groups in total. The van der Waals surface area contributed by atoms with Crippen LogP contribution in [0.25, 0.3) is 5.69 Å². The fourth-order valence-electron chi connectivity index (χ4n) is 4.36. The summed E-state index contributed by atoms with van der Waals surface area (Å²) in [4.78, 5) is 2.33. The van der Waals surface area contributed by atoms with Crippen molar-refractivity contribution in [1.82, 2.24) is 14.7 Å². The highest BCUT2D eigenvalue weighted by molar-refractivity contribution is 5.46. The zero-order valence-electron chi connectivity index (χ0n) is 21.9. The summed E-state index contributed by atoms with van der Waals surface area (Å²) in [5.74, 6) is 3.14. The number of aliphatic hydroxyl groups is 1.